The van der Waals surface area contributed by atoms with Gasteiger partial charge in [0.05, 0.1) is 10.5 Å². The highest BCUT2D eigenvalue weighted by Crippen LogP contribution is 2.18. The van der Waals surface area contributed by atoms with Crippen molar-refractivity contribution >= 4 is 27.4 Å². The van der Waals surface area contributed by atoms with Crippen LogP contribution in [0.2, 0.25) is 0 Å². The van der Waals surface area contributed by atoms with Crippen molar-refractivity contribution in [3.63, 3.8) is 0 Å². The van der Waals surface area contributed by atoms with Crippen molar-refractivity contribution in [2.75, 3.05) is 7.05 Å². The van der Waals surface area contributed by atoms with E-state index >= 15 is 0 Å². The van der Waals surface area contributed by atoms with Gasteiger partial charge in [0, 0.05) is 13.1 Å². The van der Waals surface area contributed by atoms with Crippen LogP contribution in [0.5, 0.6) is 0 Å². The Morgan fingerprint density at radius 3 is 2.06 bits per heavy atom. The SMILES string of the molecule is CCC(CC)(NS(=O)(=O)N(C)C(C)C)C(N)=S. The molecule has 0 bridgehead atoms. The van der Waals surface area contributed by atoms with E-state index in [2.05, 4.69) is 4.72 Å². The summed E-state index contributed by atoms with van der Waals surface area (Å²) in [4.78, 5) is 0.184. The molecule has 0 heterocycles. The summed E-state index contributed by atoms with van der Waals surface area (Å²) in [7, 11) is -2.04. The van der Waals surface area contributed by atoms with Crippen LogP contribution in [-0.2, 0) is 10.2 Å². The van der Waals surface area contributed by atoms with E-state index in [1.165, 1.54) is 11.4 Å². The number of thiocarbonyl (C=S) groups is 1. The number of nitrogens with two attached hydrogens (primary N) is 1. The molecule has 0 fully saturated rings. The highest BCUT2D eigenvalue weighted by molar-refractivity contribution is 7.87. The van der Waals surface area contributed by atoms with Gasteiger partial charge in [-0.05, 0) is 26.7 Å². The maximum absolute atomic E-state index is 12.1. The molecule has 0 aromatic carbocycles. The van der Waals surface area contributed by atoms with Crippen LogP contribution in [0.25, 0.3) is 0 Å². The fourth-order valence-corrected chi connectivity index (χ4v) is 3.39. The summed E-state index contributed by atoms with van der Waals surface area (Å²) >= 11 is 4.98. The molecule has 0 aromatic rings. The molecule has 0 atom stereocenters. The van der Waals surface area contributed by atoms with Gasteiger partial charge in [-0.2, -0.15) is 17.4 Å². The van der Waals surface area contributed by atoms with E-state index in [9.17, 15) is 8.42 Å². The summed E-state index contributed by atoms with van der Waals surface area (Å²) in [5.41, 5.74) is 4.83. The van der Waals surface area contributed by atoms with E-state index in [4.69, 9.17) is 18.0 Å². The summed E-state index contributed by atoms with van der Waals surface area (Å²) in [6, 6.07) is -0.120. The molecule has 0 aromatic heterocycles. The zero-order valence-electron chi connectivity index (χ0n) is 11.1. The van der Waals surface area contributed by atoms with Crippen molar-refractivity contribution < 1.29 is 8.42 Å². The number of hydrogen-bond donors (Lipinski definition) is 2. The molecule has 102 valence electrons. The van der Waals surface area contributed by atoms with Gasteiger partial charge in [0.25, 0.3) is 10.2 Å². The first kappa shape index (κ1) is 16.8. The van der Waals surface area contributed by atoms with Crippen LogP contribution in [-0.4, -0.2) is 36.3 Å². The van der Waals surface area contributed by atoms with Gasteiger partial charge >= 0.3 is 0 Å². The third-order valence-corrected chi connectivity index (χ3v) is 5.33. The molecule has 0 rings (SSSR count). The van der Waals surface area contributed by atoms with Crippen LogP contribution >= 0.6 is 12.2 Å². The van der Waals surface area contributed by atoms with Crippen molar-refractivity contribution in [1.82, 2.24) is 9.03 Å². The maximum Gasteiger partial charge on any atom is 0.280 e. The van der Waals surface area contributed by atoms with Crippen molar-refractivity contribution in [3.05, 3.63) is 0 Å². The molecule has 0 radical (unpaired) electrons. The zero-order chi connectivity index (χ0) is 13.9. The predicted molar refractivity (Wildman–Crippen MR) is 75.1 cm³/mol. The Bertz CT molecular complexity index is 362. The van der Waals surface area contributed by atoms with Crippen LogP contribution in [0.15, 0.2) is 0 Å². The Morgan fingerprint density at radius 2 is 1.82 bits per heavy atom. The molecule has 0 aliphatic heterocycles. The lowest BCUT2D eigenvalue weighted by atomic mass is 9.94. The van der Waals surface area contributed by atoms with E-state index < -0.39 is 15.7 Å². The summed E-state index contributed by atoms with van der Waals surface area (Å²) in [5, 5.41) is 0. The number of nitrogens with zero attached hydrogens (tertiary/aromatic N) is 1. The largest absolute Gasteiger partial charge is 0.392 e. The monoisotopic (exact) mass is 281 g/mol. The van der Waals surface area contributed by atoms with Crippen LogP contribution in [0.3, 0.4) is 0 Å². The first-order valence-electron chi connectivity index (χ1n) is 5.69. The van der Waals surface area contributed by atoms with Crippen LogP contribution < -0.4 is 10.5 Å². The van der Waals surface area contributed by atoms with E-state index in [0.717, 1.165) is 0 Å². The van der Waals surface area contributed by atoms with Crippen molar-refractivity contribution in [2.24, 2.45) is 5.73 Å². The van der Waals surface area contributed by atoms with Crippen molar-refractivity contribution in [3.8, 4) is 0 Å². The molecule has 0 spiro atoms. The Hall–Kier alpha value is -0.240. The minimum atomic E-state index is -3.57. The van der Waals surface area contributed by atoms with Gasteiger partial charge in [-0.25, -0.2) is 0 Å². The lowest BCUT2D eigenvalue weighted by molar-refractivity contribution is 0.380. The molecule has 0 aliphatic rings. The minimum absolute atomic E-state index is 0.120. The van der Waals surface area contributed by atoms with Crippen LogP contribution in [0.1, 0.15) is 40.5 Å². The van der Waals surface area contributed by atoms with E-state index in [-0.39, 0.29) is 11.0 Å². The van der Waals surface area contributed by atoms with E-state index in [1.807, 2.05) is 13.8 Å². The lowest BCUT2D eigenvalue weighted by Gasteiger charge is -2.34. The molecule has 0 aliphatic carbocycles. The van der Waals surface area contributed by atoms with Gasteiger partial charge in [0.1, 0.15) is 0 Å². The quantitative estimate of drug-likeness (QED) is 0.683. The van der Waals surface area contributed by atoms with Gasteiger partial charge in [-0.3, -0.25) is 0 Å². The van der Waals surface area contributed by atoms with E-state index in [0.29, 0.717) is 12.8 Å². The fourth-order valence-electron chi connectivity index (χ4n) is 1.39. The average molecular weight is 281 g/mol. The number of nitrogens with one attached hydrogen (secondary N) is 1. The third-order valence-electron chi connectivity index (χ3n) is 3.11. The normalized spacial score (nSPS) is 13.4. The lowest BCUT2D eigenvalue weighted by Crippen LogP contribution is -2.59. The van der Waals surface area contributed by atoms with Crippen LogP contribution in [0.4, 0.5) is 0 Å². The maximum atomic E-state index is 12.1. The molecule has 0 saturated carbocycles. The van der Waals surface area contributed by atoms with Gasteiger partial charge < -0.3 is 5.73 Å². The highest BCUT2D eigenvalue weighted by atomic mass is 32.2. The Balaban J connectivity index is 5.21. The second-order valence-electron chi connectivity index (χ2n) is 4.37. The van der Waals surface area contributed by atoms with Gasteiger partial charge in [-0.15, -0.1) is 0 Å². The summed E-state index contributed by atoms with van der Waals surface area (Å²) in [6.07, 6.45) is 1.06. The zero-order valence-corrected chi connectivity index (χ0v) is 12.8. The average Bonchev–Trinajstić information content (AvgIpc) is 2.24. The van der Waals surface area contributed by atoms with Gasteiger partial charge in [0.2, 0.25) is 0 Å². The molecule has 3 N–H and O–H groups in total. The molecule has 0 amide bonds. The van der Waals surface area contributed by atoms with Crippen molar-refractivity contribution in [1.29, 1.82) is 0 Å². The minimum Gasteiger partial charge on any atom is -0.392 e. The first-order chi connectivity index (χ1) is 7.63. The summed E-state index contributed by atoms with van der Waals surface area (Å²) in [6.45, 7) is 7.33. The molecule has 0 saturated heterocycles. The number of rotatable bonds is 7. The first-order valence-corrected chi connectivity index (χ1v) is 7.54. The highest BCUT2D eigenvalue weighted by Gasteiger charge is 2.36. The van der Waals surface area contributed by atoms with Gasteiger partial charge in [-0.1, -0.05) is 26.1 Å². The third kappa shape index (κ3) is 3.87. The standard InChI is InChI=1S/C10H23N3O2S2/c1-6-10(7-2,9(11)16)12-17(14,15)13(5)8(3)4/h8,12H,6-7H2,1-5H3,(H2,11,16). The topological polar surface area (TPSA) is 75.4 Å². The predicted octanol–water partition coefficient (Wildman–Crippen LogP) is 1.01. The summed E-state index contributed by atoms with van der Waals surface area (Å²) < 4.78 is 28.1. The Morgan fingerprint density at radius 1 is 1.41 bits per heavy atom. The van der Waals surface area contributed by atoms with Crippen LogP contribution in [0, 0.1) is 0 Å². The molecule has 17 heavy (non-hydrogen) atoms. The van der Waals surface area contributed by atoms with Crippen molar-refractivity contribution in [2.45, 2.75) is 52.1 Å². The molecular weight excluding hydrogens is 258 g/mol. The van der Waals surface area contributed by atoms with Gasteiger partial charge in [0.15, 0.2) is 0 Å². The summed E-state index contributed by atoms with van der Waals surface area (Å²) in [5.74, 6) is 0. The van der Waals surface area contributed by atoms with E-state index in [1.54, 1.807) is 13.8 Å². The Labute approximate surface area is 110 Å². The smallest absolute Gasteiger partial charge is 0.280 e. The molecule has 0 unspecified atom stereocenters. The Kier molecular flexibility index (Phi) is 6.00. The fraction of sp³-hybridized carbons (Fsp3) is 0.900. The molecular formula is C10H23N3O2S2. The second kappa shape index (κ2) is 6.08. The number of hydrogen-bond acceptors (Lipinski definition) is 3. The molecule has 7 heteroatoms. The second-order valence-corrected chi connectivity index (χ2v) is 6.54. The molecule has 5 nitrogen and oxygen atoms in total.